The quantitative estimate of drug-likeness (QED) is 0.549. The van der Waals surface area contributed by atoms with E-state index in [9.17, 15) is 13.2 Å². The van der Waals surface area contributed by atoms with E-state index in [4.69, 9.17) is 16.3 Å². The van der Waals surface area contributed by atoms with Crippen LogP contribution in [0.3, 0.4) is 0 Å². The number of hydrogen-bond acceptors (Lipinski definition) is 4. The molecule has 0 aromatic heterocycles. The third kappa shape index (κ3) is 5.75. The van der Waals surface area contributed by atoms with Crippen LogP contribution in [0.2, 0.25) is 5.02 Å². The maximum absolute atomic E-state index is 12.5. The summed E-state index contributed by atoms with van der Waals surface area (Å²) in [5.74, 6) is 0.266. The summed E-state index contributed by atoms with van der Waals surface area (Å²) in [7, 11) is -3.78. The van der Waals surface area contributed by atoms with Gasteiger partial charge in [0, 0.05) is 10.7 Å². The topological polar surface area (TPSA) is 84.5 Å². The van der Waals surface area contributed by atoms with Gasteiger partial charge in [-0.3, -0.25) is 9.52 Å². The number of ether oxygens (including phenoxy) is 1. The first-order valence-electron chi connectivity index (χ1n) is 9.11. The molecule has 156 valence electrons. The monoisotopic (exact) mass is 444 g/mol. The first-order valence-corrected chi connectivity index (χ1v) is 11.0. The third-order valence-corrected chi connectivity index (χ3v) is 6.01. The van der Waals surface area contributed by atoms with Gasteiger partial charge < -0.3 is 10.1 Å². The zero-order chi connectivity index (χ0) is 21.7. The van der Waals surface area contributed by atoms with Gasteiger partial charge in [0.25, 0.3) is 15.9 Å². The highest BCUT2D eigenvalue weighted by atomic mass is 35.5. The summed E-state index contributed by atoms with van der Waals surface area (Å²) in [5, 5.41) is 3.10. The molecule has 3 aromatic carbocycles. The fourth-order valence-corrected chi connectivity index (χ4v) is 3.87. The van der Waals surface area contributed by atoms with Crippen molar-refractivity contribution in [3.8, 4) is 5.75 Å². The average Bonchev–Trinajstić information content (AvgIpc) is 2.69. The van der Waals surface area contributed by atoms with Crippen LogP contribution in [0.5, 0.6) is 5.75 Å². The molecule has 0 bridgehead atoms. The minimum Gasteiger partial charge on any atom is -0.484 e. The Kier molecular flexibility index (Phi) is 6.64. The first kappa shape index (κ1) is 21.7. The number of nitrogens with one attached hydrogen (secondary N) is 2. The smallest absolute Gasteiger partial charge is 0.262 e. The SMILES string of the molecule is Cc1ccc(OCC(=O)Nc2ccc(S(=O)(=O)Nc3cccc(Cl)c3)cc2)cc1C. The van der Waals surface area contributed by atoms with Gasteiger partial charge in [-0.1, -0.05) is 23.7 Å². The van der Waals surface area contributed by atoms with E-state index in [0.29, 0.717) is 22.1 Å². The summed E-state index contributed by atoms with van der Waals surface area (Å²) < 4.78 is 33.0. The number of hydrogen-bond donors (Lipinski definition) is 2. The second-order valence-electron chi connectivity index (χ2n) is 6.72. The number of benzene rings is 3. The van der Waals surface area contributed by atoms with E-state index in [1.807, 2.05) is 32.0 Å². The summed E-state index contributed by atoms with van der Waals surface area (Å²) in [6.07, 6.45) is 0. The van der Waals surface area contributed by atoms with Gasteiger partial charge in [-0.15, -0.1) is 0 Å². The van der Waals surface area contributed by atoms with E-state index < -0.39 is 10.0 Å². The lowest BCUT2D eigenvalue weighted by molar-refractivity contribution is -0.118. The molecule has 2 N–H and O–H groups in total. The van der Waals surface area contributed by atoms with Gasteiger partial charge >= 0.3 is 0 Å². The lowest BCUT2D eigenvalue weighted by atomic mass is 10.1. The highest BCUT2D eigenvalue weighted by molar-refractivity contribution is 7.92. The molecule has 0 aliphatic rings. The second kappa shape index (κ2) is 9.19. The Morgan fingerprint density at radius 3 is 2.33 bits per heavy atom. The second-order valence-corrected chi connectivity index (χ2v) is 8.84. The van der Waals surface area contributed by atoms with Gasteiger partial charge in [0.2, 0.25) is 0 Å². The largest absolute Gasteiger partial charge is 0.484 e. The Hall–Kier alpha value is -3.03. The van der Waals surface area contributed by atoms with Crippen molar-refractivity contribution in [1.29, 1.82) is 0 Å². The van der Waals surface area contributed by atoms with Crippen molar-refractivity contribution < 1.29 is 17.9 Å². The molecule has 0 unspecified atom stereocenters. The fraction of sp³-hybridized carbons (Fsp3) is 0.136. The molecule has 0 atom stereocenters. The van der Waals surface area contributed by atoms with Crippen LogP contribution in [0.4, 0.5) is 11.4 Å². The van der Waals surface area contributed by atoms with Crippen LogP contribution >= 0.6 is 11.6 Å². The molecule has 0 saturated heterocycles. The predicted octanol–water partition coefficient (Wildman–Crippen LogP) is 4.78. The van der Waals surface area contributed by atoms with Crippen LogP contribution in [0, 0.1) is 13.8 Å². The molecule has 0 spiro atoms. The molecular weight excluding hydrogens is 424 g/mol. The van der Waals surface area contributed by atoms with E-state index in [-0.39, 0.29) is 17.4 Å². The van der Waals surface area contributed by atoms with Crippen LogP contribution in [0.15, 0.2) is 71.6 Å². The Balaban J connectivity index is 1.59. The number of aryl methyl sites for hydroxylation is 2. The Morgan fingerprint density at radius 1 is 0.933 bits per heavy atom. The molecule has 3 aromatic rings. The van der Waals surface area contributed by atoms with Crippen LogP contribution in [0.1, 0.15) is 11.1 Å². The molecule has 0 fully saturated rings. The third-order valence-electron chi connectivity index (χ3n) is 4.37. The number of sulfonamides is 1. The van der Waals surface area contributed by atoms with E-state index in [1.165, 1.54) is 30.3 Å². The Morgan fingerprint density at radius 2 is 1.67 bits per heavy atom. The van der Waals surface area contributed by atoms with Gasteiger partial charge in [-0.25, -0.2) is 8.42 Å². The van der Waals surface area contributed by atoms with Gasteiger partial charge in [0.05, 0.1) is 10.6 Å². The van der Waals surface area contributed by atoms with Crippen LogP contribution in [0.25, 0.3) is 0 Å². The van der Waals surface area contributed by atoms with Gasteiger partial charge in [-0.05, 0) is 79.6 Å². The van der Waals surface area contributed by atoms with Gasteiger partial charge in [0.15, 0.2) is 6.61 Å². The zero-order valence-corrected chi connectivity index (χ0v) is 18.0. The highest BCUT2D eigenvalue weighted by Gasteiger charge is 2.14. The number of anilines is 2. The molecule has 0 heterocycles. The molecule has 30 heavy (non-hydrogen) atoms. The molecule has 0 saturated carbocycles. The maximum atomic E-state index is 12.5. The lowest BCUT2D eigenvalue weighted by Crippen LogP contribution is -2.20. The summed E-state index contributed by atoms with van der Waals surface area (Å²) >= 11 is 5.88. The van der Waals surface area contributed by atoms with Crippen molar-refractivity contribution in [3.63, 3.8) is 0 Å². The summed E-state index contributed by atoms with van der Waals surface area (Å²) in [4.78, 5) is 12.2. The van der Waals surface area contributed by atoms with E-state index in [1.54, 1.807) is 18.2 Å². The van der Waals surface area contributed by atoms with Crippen LogP contribution in [-0.4, -0.2) is 20.9 Å². The van der Waals surface area contributed by atoms with Crippen molar-refractivity contribution in [1.82, 2.24) is 0 Å². The molecule has 8 heteroatoms. The Bertz CT molecular complexity index is 1160. The summed E-state index contributed by atoms with van der Waals surface area (Å²) in [6.45, 7) is 3.82. The molecule has 0 aliphatic heterocycles. The van der Waals surface area contributed by atoms with E-state index in [0.717, 1.165) is 11.1 Å². The first-order chi connectivity index (χ1) is 14.2. The maximum Gasteiger partial charge on any atom is 0.262 e. The minimum absolute atomic E-state index is 0.0619. The zero-order valence-electron chi connectivity index (χ0n) is 16.5. The average molecular weight is 445 g/mol. The number of carbonyl (C=O) groups excluding carboxylic acids is 1. The molecule has 6 nitrogen and oxygen atoms in total. The van der Waals surface area contributed by atoms with Crippen molar-refractivity contribution in [3.05, 3.63) is 82.9 Å². The van der Waals surface area contributed by atoms with Gasteiger partial charge in [-0.2, -0.15) is 0 Å². The molecule has 0 aliphatic carbocycles. The fourth-order valence-electron chi connectivity index (χ4n) is 2.63. The van der Waals surface area contributed by atoms with E-state index >= 15 is 0 Å². The molecule has 1 amide bonds. The highest BCUT2D eigenvalue weighted by Crippen LogP contribution is 2.21. The molecular formula is C22H21ClN2O4S. The van der Waals surface area contributed by atoms with Crippen molar-refractivity contribution in [2.24, 2.45) is 0 Å². The lowest BCUT2D eigenvalue weighted by Gasteiger charge is -2.11. The minimum atomic E-state index is -3.78. The van der Waals surface area contributed by atoms with Crippen LogP contribution in [-0.2, 0) is 14.8 Å². The van der Waals surface area contributed by atoms with Crippen LogP contribution < -0.4 is 14.8 Å². The van der Waals surface area contributed by atoms with Crippen molar-refractivity contribution >= 4 is 38.9 Å². The number of rotatable bonds is 7. The van der Waals surface area contributed by atoms with Crippen molar-refractivity contribution in [2.45, 2.75) is 18.7 Å². The summed E-state index contributed by atoms with van der Waals surface area (Å²) in [5.41, 5.74) is 3.05. The Labute approximate surface area is 180 Å². The molecule has 0 radical (unpaired) electrons. The number of halogens is 1. The predicted molar refractivity (Wildman–Crippen MR) is 119 cm³/mol. The normalized spacial score (nSPS) is 11.0. The molecule has 3 rings (SSSR count). The van der Waals surface area contributed by atoms with Gasteiger partial charge in [0.1, 0.15) is 5.75 Å². The number of amides is 1. The summed E-state index contributed by atoms with van der Waals surface area (Å²) in [6, 6.07) is 17.9. The van der Waals surface area contributed by atoms with Crippen molar-refractivity contribution in [2.75, 3.05) is 16.6 Å². The number of carbonyl (C=O) groups is 1. The van der Waals surface area contributed by atoms with E-state index in [2.05, 4.69) is 10.0 Å². The standard InChI is InChI=1S/C22H21ClN2O4S/c1-15-6-9-20(12-16(15)2)29-14-22(26)24-18-7-10-21(11-8-18)30(27,28)25-19-5-3-4-17(23)13-19/h3-13,25H,14H2,1-2H3,(H,24,26).